The van der Waals surface area contributed by atoms with E-state index in [1.54, 1.807) is 19.2 Å². The molecule has 0 spiro atoms. The van der Waals surface area contributed by atoms with Gasteiger partial charge in [0.1, 0.15) is 12.3 Å². The number of nitrogens with one attached hydrogen (secondary N) is 1. The summed E-state index contributed by atoms with van der Waals surface area (Å²) in [4.78, 5) is 12.6. The topological polar surface area (TPSA) is 75.7 Å². The maximum atomic E-state index is 12.6. The molecule has 2 aromatic rings. The summed E-state index contributed by atoms with van der Waals surface area (Å²) in [5, 5.41) is 2.92. The predicted molar refractivity (Wildman–Crippen MR) is 108 cm³/mol. The molecule has 0 aliphatic heterocycles. The van der Waals surface area contributed by atoms with Gasteiger partial charge in [-0.05, 0) is 43.2 Å². The van der Waals surface area contributed by atoms with Crippen molar-refractivity contribution in [3.63, 3.8) is 0 Å². The van der Waals surface area contributed by atoms with Crippen molar-refractivity contribution in [2.45, 2.75) is 26.3 Å². The number of rotatable bonds is 8. The average molecular weight is 391 g/mol. The van der Waals surface area contributed by atoms with Gasteiger partial charge in [0.05, 0.1) is 25.1 Å². The summed E-state index contributed by atoms with van der Waals surface area (Å²) in [5.41, 5.74) is 2.42. The van der Waals surface area contributed by atoms with E-state index in [1.807, 2.05) is 50.2 Å². The fraction of sp³-hybridized carbons (Fsp3) is 0.350. The van der Waals surface area contributed by atoms with Crippen LogP contribution in [0.15, 0.2) is 48.5 Å². The van der Waals surface area contributed by atoms with Crippen LogP contribution in [0.3, 0.4) is 0 Å². The lowest BCUT2D eigenvalue weighted by Crippen LogP contribution is -2.41. The monoisotopic (exact) mass is 390 g/mol. The zero-order valence-corrected chi connectivity index (χ0v) is 16.9. The van der Waals surface area contributed by atoms with E-state index >= 15 is 0 Å². The molecule has 0 aromatic heterocycles. The van der Waals surface area contributed by atoms with E-state index in [2.05, 4.69) is 5.32 Å². The molecule has 0 fully saturated rings. The number of amides is 1. The lowest BCUT2D eigenvalue weighted by Gasteiger charge is -2.24. The zero-order chi connectivity index (χ0) is 20.0. The number of sulfonamides is 1. The summed E-state index contributed by atoms with van der Waals surface area (Å²) < 4.78 is 30.6. The molecule has 2 aromatic carbocycles. The Kier molecular flexibility index (Phi) is 6.85. The van der Waals surface area contributed by atoms with Gasteiger partial charge >= 0.3 is 0 Å². The van der Waals surface area contributed by atoms with E-state index in [0.29, 0.717) is 12.1 Å². The fourth-order valence-corrected chi connectivity index (χ4v) is 3.60. The minimum Gasteiger partial charge on any atom is -0.497 e. The van der Waals surface area contributed by atoms with Crippen LogP contribution in [0.1, 0.15) is 30.5 Å². The molecule has 0 heterocycles. The van der Waals surface area contributed by atoms with E-state index in [0.717, 1.165) is 27.4 Å². The first-order valence-electron chi connectivity index (χ1n) is 8.72. The van der Waals surface area contributed by atoms with Crippen molar-refractivity contribution >= 4 is 21.6 Å². The Morgan fingerprint density at radius 3 is 2.19 bits per heavy atom. The summed E-state index contributed by atoms with van der Waals surface area (Å²) in [5.74, 6) is 0.381. The molecule has 146 valence electrons. The highest BCUT2D eigenvalue weighted by Crippen LogP contribution is 2.21. The number of methoxy groups -OCH3 is 1. The van der Waals surface area contributed by atoms with Gasteiger partial charge in [-0.2, -0.15) is 0 Å². The fourth-order valence-electron chi connectivity index (χ4n) is 2.74. The van der Waals surface area contributed by atoms with Gasteiger partial charge in [0, 0.05) is 0 Å². The Labute approximate surface area is 161 Å². The van der Waals surface area contributed by atoms with Crippen LogP contribution in [0.2, 0.25) is 0 Å². The molecule has 0 aliphatic rings. The van der Waals surface area contributed by atoms with Crippen molar-refractivity contribution in [1.82, 2.24) is 5.32 Å². The Morgan fingerprint density at radius 2 is 1.70 bits per heavy atom. The second-order valence-corrected chi connectivity index (χ2v) is 8.31. The van der Waals surface area contributed by atoms with Crippen LogP contribution in [0.4, 0.5) is 5.69 Å². The van der Waals surface area contributed by atoms with Crippen LogP contribution in [0, 0.1) is 6.92 Å². The standard InChI is InChI=1S/C20H26N2O4S/c1-5-19(16-8-12-18(26-3)13-9-16)21-20(23)14-22(27(4,24)25)17-10-6-15(2)7-11-17/h6-13,19H,5,14H2,1-4H3,(H,21,23)/t19-/m1/s1. The van der Waals surface area contributed by atoms with Crippen molar-refractivity contribution in [3.05, 3.63) is 59.7 Å². The number of nitrogens with zero attached hydrogens (tertiary/aromatic N) is 1. The van der Waals surface area contributed by atoms with E-state index in [-0.39, 0.29) is 18.5 Å². The van der Waals surface area contributed by atoms with Gasteiger partial charge in [0.15, 0.2) is 0 Å². The van der Waals surface area contributed by atoms with E-state index < -0.39 is 10.0 Å². The summed E-state index contributed by atoms with van der Waals surface area (Å²) in [6.45, 7) is 3.61. The smallest absolute Gasteiger partial charge is 0.241 e. The highest BCUT2D eigenvalue weighted by Gasteiger charge is 2.22. The molecule has 7 heteroatoms. The Balaban J connectivity index is 2.15. The molecule has 1 amide bonds. The lowest BCUT2D eigenvalue weighted by molar-refractivity contribution is -0.120. The van der Waals surface area contributed by atoms with Gasteiger partial charge in [-0.25, -0.2) is 8.42 Å². The first-order valence-corrected chi connectivity index (χ1v) is 10.6. The predicted octanol–water partition coefficient (Wildman–Crippen LogP) is 3.04. The average Bonchev–Trinajstić information content (AvgIpc) is 2.64. The number of aryl methyl sites for hydroxylation is 1. The van der Waals surface area contributed by atoms with E-state index in [1.165, 1.54) is 0 Å². The van der Waals surface area contributed by atoms with Crippen LogP contribution in [-0.2, 0) is 14.8 Å². The van der Waals surface area contributed by atoms with Gasteiger partial charge in [-0.15, -0.1) is 0 Å². The molecule has 1 N–H and O–H groups in total. The van der Waals surface area contributed by atoms with Crippen molar-refractivity contribution in [2.75, 3.05) is 24.2 Å². The molecule has 0 unspecified atom stereocenters. The van der Waals surface area contributed by atoms with E-state index in [4.69, 9.17) is 4.74 Å². The quantitative estimate of drug-likeness (QED) is 0.752. The van der Waals surface area contributed by atoms with E-state index in [9.17, 15) is 13.2 Å². The van der Waals surface area contributed by atoms with Crippen LogP contribution < -0.4 is 14.4 Å². The largest absolute Gasteiger partial charge is 0.497 e. The van der Waals surface area contributed by atoms with Gasteiger partial charge in [0.25, 0.3) is 0 Å². The first-order chi connectivity index (χ1) is 12.7. The first kappa shape index (κ1) is 20.8. The molecule has 1 atom stereocenters. The second kappa shape index (κ2) is 8.90. The minimum atomic E-state index is -3.59. The second-order valence-electron chi connectivity index (χ2n) is 6.41. The molecule has 0 saturated carbocycles. The highest BCUT2D eigenvalue weighted by molar-refractivity contribution is 7.92. The van der Waals surface area contributed by atoms with Gasteiger partial charge in [-0.1, -0.05) is 36.8 Å². The maximum Gasteiger partial charge on any atom is 0.241 e. The van der Waals surface area contributed by atoms with Gasteiger partial charge < -0.3 is 10.1 Å². The summed E-state index contributed by atoms with van der Waals surface area (Å²) in [6.07, 6.45) is 1.78. The Morgan fingerprint density at radius 1 is 1.11 bits per heavy atom. The summed E-state index contributed by atoms with van der Waals surface area (Å²) >= 11 is 0. The molecule has 0 saturated heterocycles. The van der Waals surface area contributed by atoms with Crippen molar-refractivity contribution < 1.29 is 17.9 Å². The van der Waals surface area contributed by atoms with Crippen LogP contribution >= 0.6 is 0 Å². The van der Waals surface area contributed by atoms with Crippen molar-refractivity contribution in [2.24, 2.45) is 0 Å². The highest BCUT2D eigenvalue weighted by atomic mass is 32.2. The molecule has 0 aliphatic carbocycles. The third-order valence-corrected chi connectivity index (χ3v) is 5.41. The number of hydrogen-bond acceptors (Lipinski definition) is 4. The zero-order valence-electron chi connectivity index (χ0n) is 16.1. The number of ether oxygens (including phenoxy) is 1. The number of benzene rings is 2. The van der Waals surface area contributed by atoms with Gasteiger partial charge in [0.2, 0.25) is 15.9 Å². The van der Waals surface area contributed by atoms with Crippen LogP contribution in [0.5, 0.6) is 5.75 Å². The molecule has 0 radical (unpaired) electrons. The lowest BCUT2D eigenvalue weighted by atomic mass is 10.0. The normalized spacial score (nSPS) is 12.3. The molecule has 0 bridgehead atoms. The third-order valence-electron chi connectivity index (χ3n) is 4.27. The summed E-state index contributed by atoms with van der Waals surface area (Å²) in [7, 11) is -1.99. The summed E-state index contributed by atoms with van der Waals surface area (Å²) in [6, 6.07) is 14.3. The number of carbonyl (C=O) groups excluding carboxylic acids is 1. The Bertz CT molecular complexity index is 862. The third kappa shape index (κ3) is 5.72. The van der Waals surface area contributed by atoms with Crippen LogP contribution in [-0.4, -0.2) is 34.2 Å². The number of carbonyl (C=O) groups is 1. The molecule has 27 heavy (non-hydrogen) atoms. The van der Waals surface area contributed by atoms with Crippen molar-refractivity contribution in [1.29, 1.82) is 0 Å². The van der Waals surface area contributed by atoms with Gasteiger partial charge in [-0.3, -0.25) is 9.10 Å². The Hall–Kier alpha value is -2.54. The van der Waals surface area contributed by atoms with Crippen LogP contribution in [0.25, 0.3) is 0 Å². The molecule has 2 rings (SSSR count). The molecular formula is C20H26N2O4S. The molecule has 6 nitrogen and oxygen atoms in total. The number of anilines is 1. The molecular weight excluding hydrogens is 364 g/mol. The maximum absolute atomic E-state index is 12.6. The number of hydrogen-bond donors (Lipinski definition) is 1. The SMILES string of the molecule is CC[C@@H](NC(=O)CN(c1ccc(C)cc1)S(C)(=O)=O)c1ccc(OC)cc1. The van der Waals surface area contributed by atoms with Crippen molar-refractivity contribution in [3.8, 4) is 5.75 Å². The minimum absolute atomic E-state index is 0.206.